The molecule has 0 radical (unpaired) electrons. The van der Waals surface area contributed by atoms with Crippen LogP contribution in [-0.2, 0) is 5.54 Å². The zero-order valence-electron chi connectivity index (χ0n) is 7.76. The molecule has 2 nitrogen and oxygen atoms in total. The Morgan fingerprint density at radius 2 is 2.31 bits per heavy atom. The van der Waals surface area contributed by atoms with Crippen LogP contribution in [0.15, 0.2) is 18.2 Å². The molecule has 0 saturated carbocycles. The Bertz CT molecular complexity index is 355. The highest BCUT2D eigenvalue weighted by molar-refractivity contribution is 5.46. The molecule has 2 aliphatic rings. The minimum absolute atomic E-state index is 0.170. The summed E-state index contributed by atoms with van der Waals surface area (Å²) in [7, 11) is 0. The molecule has 1 saturated heterocycles. The molecule has 1 aromatic carbocycles. The van der Waals surface area contributed by atoms with E-state index in [-0.39, 0.29) is 5.54 Å². The predicted molar refractivity (Wildman–Crippen MR) is 51.0 cm³/mol. The van der Waals surface area contributed by atoms with Crippen LogP contribution < -0.4 is 10.1 Å². The lowest BCUT2D eigenvalue weighted by Gasteiger charge is -2.38. The number of fused-ring (bicyclic) bond motifs is 2. The molecule has 1 aromatic rings. The molecule has 0 bridgehead atoms. The van der Waals surface area contributed by atoms with Crippen molar-refractivity contribution in [3.05, 3.63) is 29.3 Å². The smallest absolute Gasteiger partial charge is 0.124 e. The maximum absolute atomic E-state index is 5.67. The van der Waals surface area contributed by atoms with Crippen LogP contribution in [-0.4, -0.2) is 13.2 Å². The van der Waals surface area contributed by atoms with Gasteiger partial charge < -0.3 is 10.1 Å². The van der Waals surface area contributed by atoms with Gasteiger partial charge in [-0.25, -0.2) is 0 Å². The Hall–Kier alpha value is -1.02. The summed E-state index contributed by atoms with van der Waals surface area (Å²) < 4.78 is 5.67. The predicted octanol–water partition coefficient (Wildman–Crippen LogP) is 1.58. The number of rotatable bonds is 0. The lowest BCUT2D eigenvalue weighted by Crippen LogP contribution is -2.55. The molecule has 1 spiro atoms. The maximum atomic E-state index is 5.67. The van der Waals surface area contributed by atoms with E-state index in [4.69, 9.17) is 4.74 Å². The maximum Gasteiger partial charge on any atom is 0.124 e. The van der Waals surface area contributed by atoms with E-state index in [9.17, 15) is 0 Å². The van der Waals surface area contributed by atoms with E-state index in [0.717, 1.165) is 18.9 Å². The topological polar surface area (TPSA) is 21.3 Å². The largest absolute Gasteiger partial charge is 0.491 e. The van der Waals surface area contributed by atoms with Crippen LogP contribution in [0.3, 0.4) is 0 Å². The van der Waals surface area contributed by atoms with Gasteiger partial charge in [-0.15, -0.1) is 0 Å². The Morgan fingerprint density at radius 3 is 3.00 bits per heavy atom. The highest BCUT2D eigenvalue weighted by Crippen LogP contribution is 2.42. The van der Waals surface area contributed by atoms with E-state index in [1.807, 2.05) is 0 Å². The summed E-state index contributed by atoms with van der Waals surface area (Å²) in [5.74, 6) is 1.08. The Kier molecular flexibility index (Phi) is 1.29. The highest BCUT2D eigenvalue weighted by Gasteiger charge is 2.45. The van der Waals surface area contributed by atoms with Crippen molar-refractivity contribution in [3.8, 4) is 5.75 Å². The monoisotopic (exact) mass is 175 g/mol. The van der Waals surface area contributed by atoms with Crippen LogP contribution in [0, 0.1) is 6.92 Å². The Balaban J connectivity index is 2.11. The molecule has 0 amide bonds. The molecule has 2 aliphatic heterocycles. The summed E-state index contributed by atoms with van der Waals surface area (Å²) in [6.07, 6.45) is 1.21. The highest BCUT2D eigenvalue weighted by atomic mass is 16.5. The number of hydrogen-bond donors (Lipinski definition) is 1. The normalized spacial score (nSPS) is 29.6. The fourth-order valence-corrected chi connectivity index (χ4v) is 2.20. The molecule has 0 aliphatic carbocycles. The second-order valence-electron chi connectivity index (χ2n) is 4.05. The molecule has 13 heavy (non-hydrogen) atoms. The molecule has 0 unspecified atom stereocenters. The third-order valence-corrected chi connectivity index (χ3v) is 3.14. The van der Waals surface area contributed by atoms with E-state index in [2.05, 4.69) is 30.4 Å². The van der Waals surface area contributed by atoms with Crippen molar-refractivity contribution in [2.75, 3.05) is 13.2 Å². The molecule has 1 fully saturated rings. The Morgan fingerprint density at radius 1 is 1.46 bits per heavy atom. The molecule has 1 atom stereocenters. The molecular weight excluding hydrogens is 162 g/mol. The summed E-state index contributed by atoms with van der Waals surface area (Å²) >= 11 is 0. The van der Waals surface area contributed by atoms with Crippen molar-refractivity contribution in [2.24, 2.45) is 0 Å². The van der Waals surface area contributed by atoms with E-state index in [1.54, 1.807) is 0 Å². The minimum atomic E-state index is 0.170. The van der Waals surface area contributed by atoms with Crippen molar-refractivity contribution in [2.45, 2.75) is 18.9 Å². The third kappa shape index (κ3) is 0.866. The first-order chi connectivity index (χ1) is 6.30. The SMILES string of the molecule is Cc1ccc2c(c1)OC[C@@]21CCN1. The van der Waals surface area contributed by atoms with Gasteiger partial charge in [-0.1, -0.05) is 12.1 Å². The second-order valence-corrected chi connectivity index (χ2v) is 4.05. The van der Waals surface area contributed by atoms with E-state index in [1.165, 1.54) is 17.5 Å². The van der Waals surface area contributed by atoms with Crippen molar-refractivity contribution >= 4 is 0 Å². The van der Waals surface area contributed by atoms with Crippen LogP contribution in [0.25, 0.3) is 0 Å². The van der Waals surface area contributed by atoms with Gasteiger partial charge in [-0.3, -0.25) is 0 Å². The summed E-state index contributed by atoms with van der Waals surface area (Å²) in [6.45, 7) is 4.03. The van der Waals surface area contributed by atoms with Crippen LogP contribution in [0.5, 0.6) is 5.75 Å². The molecule has 68 valence electrons. The average Bonchev–Trinajstić information content (AvgIpc) is 2.41. The summed E-state index contributed by atoms with van der Waals surface area (Å²) in [4.78, 5) is 0. The zero-order chi connectivity index (χ0) is 8.89. The van der Waals surface area contributed by atoms with Gasteiger partial charge in [0.25, 0.3) is 0 Å². The first kappa shape index (κ1) is 7.39. The lowest BCUT2D eigenvalue weighted by atomic mass is 9.82. The fourth-order valence-electron chi connectivity index (χ4n) is 2.20. The van der Waals surface area contributed by atoms with E-state index < -0.39 is 0 Å². The van der Waals surface area contributed by atoms with Crippen molar-refractivity contribution in [1.82, 2.24) is 5.32 Å². The number of benzene rings is 1. The van der Waals surface area contributed by atoms with Gasteiger partial charge in [0.15, 0.2) is 0 Å². The molecule has 3 rings (SSSR count). The van der Waals surface area contributed by atoms with Gasteiger partial charge in [-0.05, 0) is 31.5 Å². The molecule has 2 heterocycles. The van der Waals surface area contributed by atoms with E-state index >= 15 is 0 Å². The molecule has 2 heteroatoms. The fraction of sp³-hybridized carbons (Fsp3) is 0.455. The van der Waals surface area contributed by atoms with Crippen molar-refractivity contribution in [3.63, 3.8) is 0 Å². The summed E-state index contributed by atoms with van der Waals surface area (Å²) in [5.41, 5.74) is 2.79. The summed E-state index contributed by atoms with van der Waals surface area (Å²) in [5, 5.41) is 3.47. The van der Waals surface area contributed by atoms with Crippen LogP contribution >= 0.6 is 0 Å². The van der Waals surface area contributed by atoms with Gasteiger partial charge in [0, 0.05) is 5.56 Å². The minimum Gasteiger partial charge on any atom is -0.491 e. The van der Waals surface area contributed by atoms with Crippen LogP contribution in [0.2, 0.25) is 0 Å². The third-order valence-electron chi connectivity index (χ3n) is 3.14. The van der Waals surface area contributed by atoms with Gasteiger partial charge in [0.2, 0.25) is 0 Å². The van der Waals surface area contributed by atoms with E-state index in [0.29, 0.717) is 0 Å². The first-order valence-corrected chi connectivity index (χ1v) is 4.79. The lowest BCUT2D eigenvalue weighted by molar-refractivity contribution is 0.154. The van der Waals surface area contributed by atoms with Crippen LogP contribution in [0.1, 0.15) is 17.5 Å². The first-order valence-electron chi connectivity index (χ1n) is 4.79. The number of nitrogens with one attached hydrogen (secondary N) is 1. The average molecular weight is 175 g/mol. The molecular formula is C11H13NO. The second kappa shape index (κ2) is 2.26. The zero-order valence-corrected chi connectivity index (χ0v) is 7.76. The molecule has 0 aromatic heterocycles. The van der Waals surface area contributed by atoms with Gasteiger partial charge in [0.1, 0.15) is 12.4 Å². The number of ether oxygens (including phenoxy) is 1. The number of aryl methyl sites for hydroxylation is 1. The standard InChI is InChI=1S/C11H13NO/c1-8-2-3-9-10(6-8)13-7-11(9)4-5-12-11/h2-3,6,12H,4-5,7H2,1H3/t11-/m0/s1. The van der Waals surface area contributed by atoms with Crippen molar-refractivity contribution < 1.29 is 4.74 Å². The van der Waals surface area contributed by atoms with Gasteiger partial charge >= 0.3 is 0 Å². The Labute approximate surface area is 77.9 Å². The van der Waals surface area contributed by atoms with Gasteiger partial charge in [-0.2, -0.15) is 0 Å². The molecule has 1 N–H and O–H groups in total. The summed E-state index contributed by atoms with van der Waals surface area (Å²) in [6, 6.07) is 6.49. The van der Waals surface area contributed by atoms with Crippen LogP contribution in [0.4, 0.5) is 0 Å². The van der Waals surface area contributed by atoms with Crippen molar-refractivity contribution in [1.29, 1.82) is 0 Å². The quantitative estimate of drug-likeness (QED) is 0.646. The van der Waals surface area contributed by atoms with Gasteiger partial charge in [0.05, 0.1) is 5.54 Å². The number of hydrogen-bond acceptors (Lipinski definition) is 2.